The minimum absolute atomic E-state index is 0.0347. The summed E-state index contributed by atoms with van der Waals surface area (Å²) in [7, 11) is -0.856. The van der Waals surface area contributed by atoms with Crippen molar-refractivity contribution >= 4 is 16.7 Å². The maximum Gasteiger partial charge on any atom is 0.240 e. The molecule has 1 N–H and O–H groups in total. The van der Waals surface area contributed by atoms with E-state index in [1.807, 2.05) is 13.8 Å². The van der Waals surface area contributed by atoms with Gasteiger partial charge in [0.05, 0.1) is 12.7 Å². The largest absolute Gasteiger partial charge is 0.327 e. The first-order chi connectivity index (χ1) is 6.56. The SMILES string of the molecule is CCC1NCN(CC(C)S(C)=O)C1=O. The summed E-state index contributed by atoms with van der Waals surface area (Å²) < 4.78 is 11.1. The normalized spacial score (nSPS) is 26.6. The van der Waals surface area contributed by atoms with Gasteiger partial charge in [0.25, 0.3) is 0 Å². The van der Waals surface area contributed by atoms with E-state index < -0.39 is 10.8 Å². The zero-order valence-electron chi connectivity index (χ0n) is 8.95. The predicted octanol–water partition coefficient (Wildman–Crippen LogP) is -0.0787. The number of hydrogen-bond acceptors (Lipinski definition) is 3. The van der Waals surface area contributed by atoms with Gasteiger partial charge in [-0.15, -0.1) is 0 Å². The van der Waals surface area contributed by atoms with Crippen LogP contribution in [0.4, 0.5) is 0 Å². The summed E-state index contributed by atoms with van der Waals surface area (Å²) in [6.07, 6.45) is 2.49. The van der Waals surface area contributed by atoms with Gasteiger partial charge in [0.1, 0.15) is 0 Å². The third kappa shape index (κ3) is 2.54. The molecule has 0 bridgehead atoms. The first kappa shape index (κ1) is 11.7. The molecule has 14 heavy (non-hydrogen) atoms. The average molecular weight is 218 g/mol. The van der Waals surface area contributed by atoms with Gasteiger partial charge in [0.2, 0.25) is 5.91 Å². The maximum atomic E-state index is 11.7. The van der Waals surface area contributed by atoms with E-state index in [9.17, 15) is 9.00 Å². The van der Waals surface area contributed by atoms with Crippen LogP contribution in [0.3, 0.4) is 0 Å². The van der Waals surface area contributed by atoms with Crippen LogP contribution < -0.4 is 5.32 Å². The highest BCUT2D eigenvalue weighted by atomic mass is 32.2. The van der Waals surface area contributed by atoms with Gasteiger partial charge in [0, 0.05) is 28.9 Å². The first-order valence-corrected chi connectivity index (χ1v) is 6.52. The fraction of sp³-hybridized carbons (Fsp3) is 0.889. The third-order valence-electron chi connectivity index (χ3n) is 2.59. The van der Waals surface area contributed by atoms with Crippen LogP contribution in [-0.4, -0.2) is 45.8 Å². The quantitative estimate of drug-likeness (QED) is 0.718. The minimum Gasteiger partial charge on any atom is -0.327 e. The Morgan fingerprint density at radius 3 is 2.79 bits per heavy atom. The highest BCUT2D eigenvalue weighted by Gasteiger charge is 2.30. The number of amides is 1. The fourth-order valence-corrected chi connectivity index (χ4v) is 1.88. The molecule has 1 aliphatic rings. The van der Waals surface area contributed by atoms with Crippen molar-refractivity contribution in [1.29, 1.82) is 0 Å². The van der Waals surface area contributed by atoms with Gasteiger partial charge in [-0.3, -0.25) is 14.3 Å². The summed E-state index contributed by atoms with van der Waals surface area (Å²) in [6.45, 7) is 5.08. The molecule has 0 aromatic heterocycles. The summed E-state index contributed by atoms with van der Waals surface area (Å²) in [6, 6.07) is -0.0347. The lowest BCUT2D eigenvalue weighted by molar-refractivity contribution is -0.128. The Bertz CT molecular complexity index is 245. The van der Waals surface area contributed by atoms with Crippen molar-refractivity contribution in [2.45, 2.75) is 31.6 Å². The van der Waals surface area contributed by atoms with Gasteiger partial charge in [-0.25, -0.2) is 0 Å². The molecule has 82 valence electrons. The molecule has 1 saturated heterocycles. The van der Waals surface area contributed by atoms with Gasteiger partial charge >= 0.3 is 0 Å². The van der Waals surface area contributed by atoms with Crippen LogP contribution in [0.15, 0.2) is 0 Å². The van der Waals surface area contributed by atoms with Crippen LogP contribution in [0.25, 0.3) is 0 Å². The molecule has 1 amide bonds. The molecule has 0 aromatic carbocycles. The van der Waals surface area contributed by atoms with Gasteiger partial charge in [-0.1, -0.05) is 6.92 Å². The monoisotopic (exact) mass is 218 g/mol. The molecule has 3 atom stereocenters. The van der Waals surface area contributed by atoms with Gasteiger partial charge in [-0.2, -0.15) is 0 Å². The molecule has 0 aromatic rings. The molecule has 5 heteroatoms. The predicted molar refractivity (Wildman–Crippen MR) is 57.3 cm³/mol. The second-order valence-corrected chi connectivity index (χ2v) is 5.49. The molecular formula is C9H18N2O2S. The van der Waals surface area contributed by atoms with E-state index in [1.165, 1.54) is 0 Å². The van der Waals surface area contributed by atoms with Crippen LogP contribution in [0.1, 0.15) is 20.3 Å². The lowest BCUT2D eigenvalue weighted by atomic mass is 10.2. The van der Waals surface area contributed by atoms with Crippen LogP contribution >= 0.6 is 0 Å². The van der Waals surface area contributed by atoms with Gasteiger partial charge < -0.3 is 4.90 Å². The summed E-state index contributed by atoms with van der Waals surface area (Å²) in [5.41, 5.74) is 0. The van der Waals surface area contributed by atoms with Crippen LogP contribution in [0, 0.1) is 0 Å². The number of rotatable bonds is 4. The third-order valence-corrected chi connectivity index (χ3v) is 3.87. The Hall–Kier alpha value is -0.420. The molecular weight excluding hydrogens is 200 g/mol. The molecule has 4 nitrogen and oxygen atoms in total. The average Bonchev–Trinajstić information content (AvgIpc) is 2.47. The minimum atomic E-state index is -0.856. The van der Waals surface area contributed by atoms with E-state index in [0.29, 0.717) is 13.2 Å². The second kappa shape index (κ2) is 4.89. The second-order valence-electron chi connectivity index (χ2n) is 3.69. The topological polar surface area (TPSA) is 49.4 Å². The van der Waals surface area contributed by atoms with Gasteiger partial charge in [-0.05, 0) is 13.3 Å². The molecule has 0 saturated carbocycles. The smallest absolute Gasteiger partial charge is 0.240 e. The zero-order chi connectivity index (χ0) is 10.7. The van der Waals surface area contributed by atoms with Crippen LogP contribution in [0.2, 0.25) is 0 Å². The zero-order valence-corrected chi connectivity index (χ0v) is 9.76. The summed E-state index contributed by atoms with van der Waals surface area (Å²) in [5, 5.41) is 3.18. The van der Waals surface area contributed by atoms with Crippen molar-refractivity contribution in [1.82, 2.24) is 10.2 Å². The number of hydrogen-bond donors (Lipinski definition) is 1. The lowest BCUT2D eigenvalue weighted by Crippen LogP contribution is -2.36. The Kier molecular flexibility index (Phi) is 4.07. The highest BCUT2D eigenvalue weighted by molar-refractivity contribution is 7.84. The molecule has 1 aliphatic heterocycles. The van der Waals surface area contributed by atoms with Gasteiger partial charge in [0.15, 0.2) is 0 Å². The van der Waals surface area contributed by atoms with E-state index in [0.717, 1.165) is 6.42 Å². The Morgan fingerprint density at radius 2 is 2.36 bits per heavy atom. The number of nitrogens with one attached hydrogen (secondary N) is 1. The van der Waals surface area contributed by atoms with E-state index >= 15 is 0 Å². The Labute approximate surface area is 87.5 Å². The van der Waals surface area contributed by atoms with Crippen LogP contribution in [-0.2, 0) is 15.6 Å². The molecule has 1 rings (SSSR count). The van der Waals surface area contributed by atoms with Crippen molar-refractivity contribution in [2.24, 2.45) is 0 Å². The van der Waals surface area contributed by atoms with Crippen molar-refractivity contribution in [3.8, 4) is 0 Å². The fourth-order valence-electron chi connectivity index (χ4n) is 1.49. The summed E-state index contributed by atoms with van der Waals surface area (Å²) in [5.74, 6) is 0.143. The van der Waals surface area contributed by atoms with Crippen molar-refractivity contribution < 1.29 is 9.00 Å². The van der Waals surface area contributed by atoms with E-state index in [2.05, 4.69) is 5.32 Å². The van der Waals surface area contributed by atoms with Crippen molar-refractivity contribution in [2.75, 3.05) is 19.5 Å². The Morgan fingerprint density at radius 1 is 1.71 bits per heavy atom. The Balaban J connectivity index is 2.48. The number of nitrogens with zero attached hydrogens (tertiary/aromatic N) is 1. The number of carbonyl (C=O) groups excluding carboxylic acids is 1. The molecule has 0 aliphatic carbocycles. The first-order valence-electron chi connectivity index (χ1n) is 4.90. The molecule has 3 unspecified atom stereocenters. The molecule has 1 fully saturated rings. The summed E-state index contributed by atoms with van der Waals surface area (Å²) >= 11 is 0. The van der Waals surface area contributed by atoms with Crippen LogP contribution in [0.5, 0.6) is 0 Å². The molecule has 0 spiro atoms. The summed E-state index contributed by atoms with van der Waals surface area (Å²) in [4.78, 5) is 13.4. The van der Waals surface area contributed by atoms with E-state index in [1.54, 1.807) is 11.2 Å². The highest BCUT2D eigenvalue weighted by Crippen LogP contribution is 2.08. The maximum absolute atomic E-state index is 11.7. The van der Waals surface area contributed by atoms with E-state index in [4.69, 9.17) is 0 Å². The molecule has 0 radical (unpaired) electrons. The molecule has 1 heterocycles. The standard InChI is InChI=1S/C9H18N2O2S/c1-4-8-9(12)11(6-10-8)5-7(2)14(3)13/h7-8,10H,4-6H2,1-3H3. The van der Waals surface area contributed by atoms with Crippen molar-refractivity contribution in [3.05, 3.63) is 0 Å². The van der Waals surface area contributed by atoms with Crippen molar-refractivity contribution in [3.63, 3.8) is 0 Å². The lowest BCUT2D eigenvalue weighted by Gasteiger charge is -2.18. The number of carbonyl (C=O) groups is 1. The van der Waals surface area contributed by atoms with E-state index in [-0.39, 0.29) is 17.2 Å².